The molecule has 0 amide bonds. The van der Waals surface area contributed by atoms with E-state index < -0.39 is 0 Å². The van der Waals surface area contributed by atoms with Gasteiger partial charge < -0.3 is 5.32 Å². The van der Waals surface area contributed by atoms with Gasteiger partial charge in [-0.3, -0.25) is 0 Å². The maximum absolute atomic E-state index is 5.75. The third-order valence-corrected chi connectivity index (χ3v) is 2.02. The fraction of sp³-hybridized carbons (Fsp3) is 1.00. The van der Waals surface area contributed by atoms with Crippen LogP contribution in [0, 0.1) is 5.92 Å². The van der Waals surface area contributed by atoms with E-state index in [1.54, 1.807) is 0 Å². The second-order valence-electron chi connectivity index (χ2n) is 2.12. The van der Waals surface area contributed by atoms with Gasteiger partial charge in [-0.15, -0.1) is 11.6 Å². The summed E-state index contributed by atoms with van der Waals surface area (Å²) in [7, 11) is 0. The van der Waals surface area contributed by atoms with E-state index >= 15 is 0 Å². The summed E-state index contributed by atoms with van der Waals surface area (Å²) in [6.07, 6.45) is 1.23. The Hall–Kier alpha value is 0.250. The average Bonchev–Trinajstić information content (AvgIpc) is 1.91. The van der Waals surface area contributed by atoms with E-state index in [0.29, 0.717) is 5.92 Å². The third-order valence-electron chi connectivity index (χ3n) is 1.44. The summed E-state index contributed by atoms with van der Waals surface area (Å²) in [6, 6.07) is 0. The van der Waals surface area contributed by atoms with Crippen molar-refractivity contribution in [1.29, 1.82) is 0 Å². The Balaban J connectivity index is 2.33. The SMILES string of the molecule is CC1CCN[C@H]1Cl. The van der Waals surface area contributed by atoms with Crippen molar-refractivity contribution in [3.63, 3.8) is 0 Å². The summed E-state index contributed by atoms with van der Waals surface area (Å²) in [5.74, 6) is 0.668. The molecule has 42 valence electrons. The molecule has 1 saturated heterocycles. The molecule has 0 aliphatic carbocycles. The van der Waals surface area contributed by atoms with Gasteiger partial charge in [0.2, 0.25) is 0 Å². The van der Waals surface area contributed by atoms with Crippen molar-refractivity contribution in [1.82, 2.24) is 5.32 Å². The van der Waals surface area contributed by atoms with Crippen LogP contribution in [0.2, 0.25) is 0 Å². The molecular weight excluding hydrogens is 110 g/mol. The Morgan fingerprint density at radius 2 is 2.43 bits per heavy atom. The molecule has 0 radical (unpaired) electrons. The molecule has 1 aliphatic rings. The van der Waals surface area contributed by atoms with Crippen LogP contribution in [0.4, 0.5) is 0 Å². The molecule has 0 aromatic rings. The molecule has 2 heteroatoms. The maximum atomic E-state index is 5.75. The van der Waals surface area contributed by atoms with Crippen molar-refractivity contribution in [2.45, 2.75) is 18.8 Å². The highest BCUT2D eigenvalue weighted by atomic mass is 35.5. The predicted octanol–water partition coefficient (Wildman–Crippen LogP) is 1.18. The van der Waals surface area contributed by atoms with Crippen molar-refractivity contribution in [2.24, 2.45) is 5.92 Å². The third kappa shape index (κ3) is 1.07. The van der Waals surface area contributed by atoms with Crippen LogP contribution in [-0.2, 0) is 0 Å². The number of halogens is 1. The molecule has 0 bridgehead atoms. The minimum atomic E-state index is 0.236. The van der Waals surface area contributed by atoms with Crippen molar-refractivity contribution in [2.75, 3.05) is 6.54 Å². The van der Waals surface area contributed by atoms with E-state index in [1.807, 2.05) is 0 Å². The minimum absolute atomic E-state index is 0.236. The number of rotatable bonds is 0. The second kappa shape index (κ2) is 2.01. The van der Waals surface area contributed by atoms with Crippen LogP contribution in [0.3, 0.4) is 0 Å². The molecule has 0 aromatic carbocycles. The lowest BCUT2D eigenvalue weighted by atomic mass is 10.2. The van der Waals surface area contributed by atoms with Gasteiger partial charge in [-0.1, -0.05) is 6.92 Å². The smallest absolute Gasteiger partial charge is 0.0851 e. The summed E-state index contributed by atoms with van der Waals surface area (Å²) in [5.41, 5.74) is 0.236. The number of hydrogen-bond donors (Lipinski definition) is 1. The number of alkyl halides is 1. The van der Waals surface area contributed by atoms with E-state index in [9.17, 15) is 0 Å². The zero-order valence-electron chi connectivity index (χ0n) is 4.45. The Kier molecular flexibility index (Phi) is 1.55. The number of hydrogen-bond acceptors (Lipinski definition) is 1. The number of nitrogens with one attached hydrogen (secondary N) is 1. The van der Waals surface area contributed by atoms with Gasteiger partial charge in [0.05, 0.1) is 5.50 Å². The van der Waals surface area contributed by atoms with Crippen LogP contribution in [0.1, 0.15) is 13.3 Å². The van der Waals surface area contributed by atoms with Gasteiger partial charge >= 0.3 is 0 Å². The van der Waals surface area contributed by atoms with Gasteiger partial charge in [-0.05, 0) is 18.9 Å². The highest BCUT2D eigenvalue weighted by molar-refractivity contribution is 6.20. The first-order valence-electron chi connectivity index (χ1n) is 2.68. The van der Waals surface area contributed by atoms with E-state index in [2.05, 4.69) is 12.2 Å². The Labute approximate surface area is 49.0 Å². The molecule has 1 rings (SSSR count). The quantitative estimate of drug-likeness (QED) is 0.373. The molecule has 0 spiro atoms. The summed E-state index contributed by atoms with van der Waals surface area (Å²) in [6.45, 7) is 3.26. The molecule has 7 heavy (non-hydrogen) atoms. The van der Waals surface area contributed by atoms with Crippen LogP contribution >= 0.6 is 11.6 Å². The lowest BCUT2D eigenvalue weighted by Gasteiger charge is -2.02. The monoisotopic (exact) mass is 119 g/mol. The maximum Gasteiger partial charge on any atom is 0.0851 e. The molecular formula is C5H10ClN. The van der Waals surface area contributed by atoms with Crippen LogP contribution in [0.15, 0.2) is 0 Å². The Morgan fingerprint density at radius 1 is 1.71 bits per heavy atom. The average molecular weight is 120 g/mol. The molecule has 0 saturated carbocycles. The topological polar surface area (TPSA) is 12.0 Å². The first kappa shape index (κ1) is 5.39. The lowest BCUT2D eigenvalue weighted by molar-refractivity contribution is 0.607. The van der Waals surface area contributed by atoms with E-state index in [4.69, 9.17) is 11.6 Å². The normalized spacial score (nSPS) is 42.0. The highest BCUT2D eigenvalue weighted by Crippen LogP contribution is 2.16. The molecule has 1 N–H and O–H groups in total. The molecule has 1 nitrogen and oxygen atoms in total. The zero-order valence-corrected chi connectivity index (χ0v) is 5.20. The van der Waals surface area contributed by atoms with Crippen LogP contribution in [-0.4, -0.2) is 12.0 Å². The van der Waals surface area contributed by atoms with Gasteiger partial charge in [0.15, 0.2) is 0 Å². The van der Waals surface area contributed by atoms with Gasteiger partial charge in [-0.25, -0.2) is 0 Å². The van der Waals surface area contributed by atoms with E-state index in [0.717, 1.165) is 6.54 Å². The van der Waals surface area contributed by atoms with Gasteiger partial charge in [0, 0.05) is 0 Å². The van der Waals surface area contributed by atoms with Crippen molar-refractivity contribution >= 4 is 11.6 Å². The second-order valence-corrected chi connectivity index (χ2v) is 2.59. The summed E-state index contributed by atoms with van der Waals surface area (Å²) >= 11 is 5.75. The van der Waals surface area contributed by atoms with Crippen LogP contribution in [0.5, 0.6) is 0 Å². The standard InChI is InChI=1S/C5H10ClN/c1-4-2-3-7-5(4)6/h4-5,7H,2-3H2,1H3/t4?,5-/m1/s1. The van der Waals surface area contributed by atoms with Gasteiger partial charge in [0.1, 0.15) is 0 Å². The largest absolute Gasteiger partial charge is 0.301 e. The predicted molar refractivity (Wildman–Crippen MR) is 31.4 cm³/mol. The van der Waals surface area contributed by atoms with Gasteiger partial charge in [0.25, 0.3) is 0 Å². The fourth-order valence-corrected chi connectivity index (χ4v) is 1.03. The first-order valence-corrected chi connectivity index (χ1v) is 3.12. The molecule has 1 fully saturated rings. The molecule has 1 heterocycles. The fourth-order valence-electron chi connectivity index (χ4n) is 0.796. The van der Waals surface area contributed by atoms with Gasteiger partial charge in [-0.2, -0.15) is 0 Å². The van der Waals surface area contributed by atoms with Crippen molar-refractivity contribution in [3.8, 4) is 0 Å². The molecule has 2 atom stereocenters. The molecule has 0 aromatic heterocycles. The van der Waals surface area contributed by atoms with Crippen LogP contribution < -0.4 is 5.32 Å². The Morgan fingerprint density at radius 3 is 2.57 bits per heavy atom. The first-order chi connectivity index (χ1) is 3.30. The summed E-state index contributed by atoms with van der Waals surface area (Å²) < 4.78 is 0. The Bertz CT molecular complexity index is 57.1. The van der Waals surface area contributed by atoms with E-state index in [-0.39, 0.29) is 5.50 Å². The molecule has 1 unspecified atom stereocenters. The summed E-state index contributed by atoms with van der Waals surface area (Å²) in [5, 5.41) is 3.13. The minimum Gasteiger partial charge on any atom is -0.301 e. The van der Waals surface area contributed by atoms with Crippen molar-refractivity contribution < 1.29 is 0 Å². The van der Waals surface area contributed by atoms with E-state index in [1.165, 1.54) is 6.42 Å². The highest BCUT2D eigenvalue weighted by Gasteiger charge is 2.18. The van der Waals surface area contributed by atoms with Crippen molar-refractivity contribution in [3.05, 3.63) is 0 Å². The lowest BCUT2D eigenvalue weighted by Crippen LogP contribution is -2.17. The zero-order chi connectivity index (χ0) is 5.28. The van der Waals surface area contributed by atoms with Crippen LogP contribution in [0.25, 0.3) is 0 Å². The molecule has 1 aliphatic heterocycles. The summed E-state index contributed by atoms with van der Waals surface area (Å²) in [4.78, 5) is 0.